The second-order valence-corrected chi connectivity index (χ2v) is 7.61. The number of aromatic nitrogens is 2. The molecule has 1 amide bonds. The minimum absolute atomic E-state index is 0.000790. The summed E-state index contributed by atoms with van der Waals surface area (Å²) in [6.45, 7) is 6.02. The summed E-state index contributed by atoms with van der Waals surface area (Å²) in [5, 5.41) is 4.11. The van der Waals surface area contributed by atoms with Crippen LogP contribution in [0.5, 0.6) is 11.5 Å². The molecule has 2 aromatic carbocycles. The maximum Gasteiger partial charge on any atom is 0.260 e. The molecule has 0 unspecified atom stereocenters. The van der Waals surface area contributed by atoms with Crippen molar-refractivity contribution < 1.29 is 18.8 Å². The number of carbonyl (C=O) groups is 1. The van der Waals surface area contributed by atoms with Gasteiger partial charge >= 0.3 is 0 Å². The topological polar surface area (TPSA) is 77.7 Å². The molecule has 2 heterocycles. The van der Waals surface area contributed by atoms with E-state index in [1.165, 1.54) is 12.0 Å². The van der Waals surface area contributed by atoms with Crippen molar-refractivity contribution in [3.63, 3.8) is 0 Å². The number of piperidine rings is 1. The molecule has 0 spiro atoms. The number of hydrogen-bond donors (Lipinski definition) is 0. The Labute approximate surface area is 182 Å². The summed E-state index contributed by atoms with van der Waals surface area (Å²) in [7, 11) is 0. The Morgan fingerprint density at radius 1 is 1.00 bits per heavy atom. The lowest BCUT2D eigenvalue weighted by molar-refractivity contribution is -0.134. The van der Waals surface area contributed by atoms with Crippen molar-refractivity contribution >= 4 is 5.91 Å². The number of likely N-dealkylation sites (tertiary alicyclic amines) is 1. The van der Waals surface area contributed by atoms with E-state index in [1.807, 2.05) is 55.1 Å². The zero-order chi connectivity index (χ0) is 21.6. The summed E-state index contributed by atoms with van der Waals surface area (Å²) in [5.41, 5.74) is 2.78. The van der Waals surface area contributed by atoms with Crippen molar-refractivity contribution in [1.82, 2.24) is 15.0 Å². The number of nitrogens with zero attached hydrogens (tertiary/aromatic N) is 3. The Morgan fingerprint density at radius 2 is 1.74 bits per heavy atom. The molecule has 0 aliphatic carbocycles. The summed E-state index contributed by atoms with van der Waals surface area (Å²) < 4.78 is 17.0. The zero-order valence-electron chi connectivity index (χ0n) is 18.0. The molecular formula is C24H27N3O4. The van der Waals surface area contributed by atoms with Crippen LogP contribution in [0.25, 0.3) is 22.8 Å². The predicted octanol–water partition coefficient (Wildman–Crippen LogP) is 4.50. The van der Waals surface area contributed by atoms with E-state index in [4.69, 9.17) is 14.0 Å². The van der Waals surface area contributed by atoms with Crippen molar-refractivity contribution in [2.45, 2.75) is 33.1 Å². The molecule has 1 aliphatic rings. The van der Waals surface area contributed by atoms with Crippen molar-refractivity contribution in [1.29, 1.82) is 0 Å². The highest BCUT2D eigenvalue weighted by atomic mass is 16.5. The molecule has 0 atom stereocenters. The summed E-state index contributed by atoms with van der Waals surface area (Å²) in [6.07, 6.45) is 3.29. The van der Waals surface area contributed by atoms with Gasteiger partial charge in [0.15, 0.2) is 18.1 Å². The molecule has 0 radical (unpaired) electrons. The van der Waals surface area contributed by atoms with Gasteiger partial charge < -0.3 is 18.9 Å². The van der Waals surface area contributed by atoms with E-state index in [1.54, 1.807) is 6.07 Å². The van der Waals surface area contributed by atoms with Gasteiger partial charge in [0.1, 0.15) is 0 Å². The molecule has 162 valence electrons. The molecule has 3 aromatic rings. The fourth-order valence-electron chi connectivity index (χ4n) is 3.56. The summed E-state index contributed by atoms with van der Waals surface area (Å²) >= 11 is 0. The highest BCUT2D eigenvalue weighted by Crippen LogP contribution is 2.33. The third kappa shape index (κ3) is 5.05. The molecule has 1 fully saturated rings. The lowest BCUT2D eigenvalue weighted by Crippen LogP contribution is -2.38. The Balaban J connectivity index is 1.49. The Kier molecular flexibility index (Phi) is 6.50. The van der Waals surface area contributed by atoms with E-state index >= 15 is 0 Å². The van der Waals surface area contributed by atoms with Crippen LogP contribution in [0, 0.1) is 6.92 Å². The monoisotopic (exact) mass is 421 g/mol. The highest BCUT2D eigenvalue weighted by Gasteiger charge is 2.19. The van der Waals surface area contributed by atoms with Gasteiger partial charge in [0.2, 0.25) is 5.82 Å². The molecule has 7 nitrogen and oxygen atoms in total. The second kappa shape index (κ2) is 9.64. The van der Waals surface area contributed by atoms with E-state index in [2.05, 4.69) is 10.1 Å². The van der Waals surface area contributed by atoms with E-state index < -0.39 is 0 Å². The standard InChI is InChI=1S/C24H27N3O4/c1-3-29-21-15-19(23-25-24(31-26-23)18-9-7-17(2)8-10-18)11-12-20(21)30-16-22(28)27-13-5-4-6-14-27/h7-12,15H,3-6,13-14,16H2,1-2H3. The first kappa shape index (κ1) is 20.9. The second-order valence-electron chi connectivity index (χ2n) is 7.61. The lowest BCUT2D eigenvalue weighted by atomic mass is 10.1. The van der Waals surface area contributed by atoms with Crippen LogP contribution in [0.4, 0.5) is 0 Å². The summed E-state index contributed by atoms with van der Waals surface area (Å²) in [4.78, 5) is 18.8. The number of benzene rings is 2. The average Bonchev–Trinajstić information content (AvgIpc) is 3.29. The smallest absolute Gasteiger partial charge is 0.260 e. The van der Waals surface area contributed by atoms with Crippen LogP contribution in [0.15, 0.2) is 47.0 Å². The summed E-state index contributed by atoms with van der Waals surface area (Å²) in [6, 6.07) is 13.4. The SMILES string of the molecule is CCOc1cc(-c2noc(-c3ccc(C)cc3)n2)ccc1OCC(=O)N1CCCCC1. The van der Waals surface area contributed by atoms with Crippen molar-refractivity contribution in [2.24, 2.45) is 0 Å². The van der Waals surface area contributed by atoms with E-state index in [9.17, 15) is 4.79 Å². The third-order valence-electron chi connectivity index (χ3n) is 5.29. The van der Waals surface area contributed by atoms with Crippen molar-refractivity contribution in [3.05, 3.63) is 48.0 Å². The number of hydrogen-bond acceptors (Lipinski definition) is 6. The van der Waals surface area contributed by atoms with Crippen LogP contribution in [0.2, 0.25) is 0 Å². The molecule has 0 bridgehead atoms. The van der Waals surface area contributed by atoms with Crippen LogP contribution in [-0.4, -0.2) is 47.3 Å². The largest absolute Gasteiger partial charge is 0.490 e. The van der Waals surface area contributed by atoms with Crippen molar-refractivity contribution in [3.8, 4) is 34.3 Å². The quantitative estimate of drug-likeness (QED) is 0.559. The maximum absolute atomic E-state index is 12.4. The van der Waals surface area contributed by atoms with Crippen LogP contribution in [-0.2, 0) is 4.79 Å². The number of aryl methyl sites for hydroxylation is 1. The first-order valence-corrected chi connectivity index (χ1v) is 10.7. The fourth-order valence-corrected chi connectivity index (χ4v) is 3.56. The van der Waals surface area contributed by atoms with Gasteiger partial charge in [-0.25, -0.2) is 0 Å². The minimum Gasteiger partial charge on any atom is -0.490 e. The molecule has 1 saturated heterocycles. The molecule has 31 heavy (non-hydrogen) atoms. The highest BCUT2D eigenvalue weighted by molar-refractivity contribution is 5.78. The van der Waals surface area contributed by atoms with E-state index in [0.717, 1.165) is 37.1 Å². The molecule has 7 heteroatoms. The molecule has 4 rings (SSSR count). The van der Waals surface area contributed by atoms with Gasteiger partial charge in [-0.3, -0.25) is 4.79 Å². The molecule has 1 aromatic heterocycles. The molecule has 1 aliphatic heterocycles. The Hall–Kier alpha value is -3.35. The first-order chi connectivity index (χ1) is 15.1. The summed E-state index contributed by atoms with van der Waals surface area (Å²) in [5.74, 6) is 2.01. The number of ether oxygens (including phenoxy) is 2. The van der Waals surface area contributed by atoms with Crippen LogP contribution in [0.3, 0.4) is 0 Å². The van der Waals surface area contributed by atoms with Gasteiger partial charge in [0.25, 0.3) is 11.8 Å². The maximum atomic E-state index is 12.4. The van der Waals surface area contributed by atoms with Gasteiger partial charge in [-0.2, -0.15) is 4.98 Å². The van der Waals surface area contributed by atoms with Gasteiger partial charge in [0.05, 0.1) is 6.61 Å². The molecule has 0 saturated carbocycles. The lowest BCUT2D eigenvalue weighted by Gasteiger charge is -2.26. The van der Waals surface area contributed by atoms with E-state index in [-0.39, 0.29) is 12.5 Å². The van der Waals surface area contributed by atoms with Crippen LogP contribution >= 0.6 is 0 Å². The van der Waals surface area contributed by atoms with Gasteiger partial charge in [-0.15, -0.1) is 0 Å². The van der Waals surface area contributed by atoms with E-state index in [0.29, 0.717) is 29.8 Å². The Morgan fingerprint density at radius 3 is 2.48 bits per heavy atom. The van der Waals surface area contributed by atoms with Gasteiger partial charge in [0, 0.05) is 24.2 Å². The fraction of sp³-hybridized carbons (Fsp3) is 0.375. The van der Waals surface area contributed by atoms with Crippen LogP contribution in [0.1, 0.15) is 31.7 Å². The zero-order valence-corrected chi connectivity index (χ0v) is 18.0. The number of amides is 1. The van der Waals surface area contributed by atoms with Gasteiger partial charge in [-0.1, -0.05) is 22.9 Å². The molecule has 0 N–H and O–H groups in total. The third-order valence-corrected chi connectivity index (χ3v) is 5.29. The predicted molar refractivity (Wildman–Crippen MR) is 117 cm³/mol. The van der Waals surface area contributed by atoms with Crippen molar-refractivity contribution in [2.75, 3.05) is 26.3 Å². The number of carbonyl (C=O) groups excluding carboxylic acids is 1. The minimum atomic E-state index is -0.000790. The average molecular weight is 421 g/mol. The number of rotatable bonds is 7. The van der Waals surface area contributed by atoms with Crippen LogP contribution < -0.4 is 9.47 Å². The Bertz CT molecular complexity index is 1020. The first-order valence-electron chi connectivity index (χ1n) is 10.7. The molecular weight excluding hydrogens is 394 g/mol. The van der Waals surface area contributed by atoms with Gasteiger partial charge in [-0.05, 0) is 63.4 Å². The normalized spacial score (nSPS) is 13.8.